The number of rotatable bonds is 1. The minimum atomic E-state index is -0.949. The van der Waals surface area contributed by atoms with Gasteiger partial charge in [0.15, 0.2) is 17.3 Å². The molecule has 0 radical (unpaired) electrons. The second kappa shape index (κ2) is 4.23. The molecule has 0 bridgehead atoms. The molecule has 2 N–H and O–H groups in total. The molecule has 92 valence electrons. The Morgan fingerprint density at radius 1 is 1.22 bits per heavy atom. The third-order valence-electron chi connectivity index (χ3n) is 3.02. The maximum atomic E-state index is 13.9. The van der Waals surface area contributed by atoms with Crippen LogP contribution in [0.15, 0.2) is 18.2 Å². The molecule has 3 heteroatoms. The molecule has 2 aromatic rings. The van der Waals surface area contributed by atoms with Gasteiger partial charge in [0.1, 0.15) is 0 Å². The van der Waals surface area contributed by atoms with Crippen LogP contribution in [0.3, 0.4) is 0 Å². The van der Waals surface area contributed by atoms with Crippen LogP contribution in [-0.2, 0) is 0 Å². The highest BCUT2D eigenvalue weighted by molar-refractivity contribution is 5.97. The van der Waals surface area contributed by atoms with Crippen LogP contribution < -0.4 is 0 Å². The fourth-order valence-corrected chi connectivity index (χ4v) is 2.12. The van der Waals surface area contributed by atoms with E-state index in [1.54, 1.807) is 12.1 Å². The average Bonchev–Trinajstić information content (AvgIpc) is 2.36. The topological polar surface area (TPSA) is 40.5 Å². The van der Waals surface area contributed by atoms with Crippen molar-refractivity contribution in [3.63, 3.8) is 0 Å². The van der Waals surface area contributed by atoms with E-state index in [1.165, 1.54) is 0 Å². The Bertz CT molecular complexity index is 666. The van der Waals surface area contributed by atoms with Crippen LogP contribution in [0.2, 0.25) is 0 Å². The lowest BCUT2D eigenvalue weighted by atomic mass is 9.92. The molecule has 0 aliphatic heterocycles. The van der Waals surface area contributed by atoms with Gasteiger partial charge in [0, 0.05) is 10.8 Å². The standard InChI is InChI=1S/C15H13FO2/c1-4-9-12-10(8(2)3)6-5-7-11(12)14(17)15(18)13(9)16/h1,5-8,17-18H,2-3H3. The van der Waals surface area contributed by atoms with E-state index in [4.69, 9.17) is 6.42 Å². The Morgan fingerprint density at radius 2 is 1.89 bits per heavy atom. The lowest BCUT2D eigenvalue weighted by molar-refractivity contribution is 0.382. The van der Waals surface area contributed by atoms with Gasteiger partial charge in [0.05, 0.1) is 5.56 Å². The Kier molecular flexibility index (Phi) is 2.88. The van der Waals surface area contributed by atoms with Crippen LogP contribution in [-0.4, -0.2) is 10.2 Å². The van der Waals surface area contributed by atoms with E-state index in [2.05, 4.69) is 5.92 Å². The highest BCUT2D eigenvalue weighted by atomic mass is 19.1. The number of halogens is 1. The molecule has 0 aromatic heterocycles. The fraction of sp³-hybridized carbons (Fsp3) is 0.200. The van der Waals surface area contributed by atoms with Crippen LogP contribution in [0.4, 0.5) is 4.39 Å². The zero-order chi connectivity index (χ0) is 13.4. The molecule has 18 heavy (non-hydrogen) atoms. The quantitative estimate of drug-likeness (QED) is 0.595. The van der Waals surface area contributed by atoms with Gasteiger partial charge in [-0.2, -0.15) is 0 Å². The van der Waals surface area contributed by atoms with Crippen molar-refractivity contribution in [3.05, 3.63) is 35.1 Å². The molecular weight excluding hydrogens is 231 g/mol. The van der Waals surface area contributed by atoms with E-state index in [-0.39, 0.29) is 11.5 Å². The molecule has 0 aliphatic rings. The van der Waals surface area contributed by atoms with E-state index in [0.717, 1.165) is 5.56 Å². The Hall–Kier alpha value is -2.21. The van der Waals surface area contributed by atoms with Crippen LogP contribution in [0, 0.1) is 18.2 Å². The van der Waals surface area contributed by atoms with E-state index in [0.29, 0.717) is 10.8 Å². The van der Waals surface area contributed by atoms with Crippen molar-refractivity contribution in [1.82, 2.24) is 0 Å². The molecule has 0 atom stereocenters. The first-order chi connectivity index (χ1) is 8.49. The molecule has 0 fully saturated rings. The number of benzene rings is 2. The van der Waals surface area contributed by atoms with Crippen LogP contribution in [0.25, 0.3) is 10.8 Å². The molecule has 0 amide bonds. The molecule has 0 unspecified atom stereocenters. The third-order valence-corrected chi connectivity index (χ3v) is 3.02. The van der Waals surface area contributed by atoms with E-state index in [1.807, 2.05) is 19.9 Å². The summed E-state index contributed by atoms with van der Waals surface area (Å²) < 4.78 is 13.9. The van der Waals surface area contributed by atoms with Crippen molar-refractivity contribution in [2.45, 2.75) is 19.8 Å². The summed E-state index contributed by atoms with van der Waals surface area (Å²) in [5.74, 6) is 0.172. The van der Waals surface area contributed by atoms with Gasteiger partial charge in [0.2, 0.25) is 0 Å². The van der Waals surface area contributed by atoms with Crippen molar-refractivity contribution in [1.29, 1.82) is 0 Å². The van der Waals surface area contributed by atoms with E-state index >= 15 is 0 Å². The van der Waals surface area contributed by atoms with Gasteiger partial charge in [-0.15, -0.1) is 6.42 Å². The average molecular weight is 244 g/mol. The van der Waals surface area contributed by atoms with Gasteiger partial charge >= 0.3 is 0 Å². The number of phenolic OH excluding ortho intramolecular Hbond substituents is 2. The first-order valence-electron chi connectivity index (χ1n) is 5.61. The zero-order valence-corrected chi connectivity index (χ0v) is 10.2. The number of fused-ring (bicyclic) bond motifs is 1. The highest BCUT2D eigenvalue weighted by Crippen LogP contribution is 2.41. The molecule has 2 rings (SSSR count). The summed E-state index contributed by atoms with van der Waals surface area (Å²) in [6.07, 6.45) is 5.32. The fourth-order valence-electron chi connectivity index (χ4n) is 2.12. The Morgan fingerprint density at radius 3 is 2.44 bits per heavy atom. The summed E-state index contributed by atoms with van der Waals surface area (Å²) in [6, 6.07) is 5.19. The van der Waals surface area contributed by atoms with Crippen molar-refractivity contribution in [3.8, 4) is 23.8 Å². The monoisotopic (exact) mass is 244 g/mol. The third kappa shape index (κ3) is 1.58. The molecule has 0 heterocycles. The maximum absolute atomic E-state index is 13.9. The van der Waals surface area contributed by atoms with Gasteiger partial charge in [-0.05, 0) is 11.5 Å². The minimum Gasteiger partial charge on any atom is -0.504 e. The SMILES string of the molecule is C#Cc1c(F)c(O)c(O)c2cccc(C(C)C)c12. The predicted octanol–water partition coefficient (Wildman–Crippen LogP) is 3.49. The minimum absolute atomic E-state index is 0.00963. The Balaban J connectivity index is 3.08. The first kappa shape index (κ1) is 12.3. The predicted molar refractivity (Wildman–Crippen MR) is 69.3 cm³/mol. The first-order valence-corrected chi connectivity index (χ1v) is 5.61. The van der Waals surface area contributed by atoms with E-state index < -0.39 is 17.3 Å². The summed E-state index contributed by atoms with van der Waals surface area (Å²) in [6.45, 7) is 3.91. The normalized spacial score (nSPS) is 10.8. The smallest absolute Gasteiger partial charge is 0.196 e. The van der Waals surface area contributed by atoms with Crippen LogP contribution >= 0.6 is 0 Å². The molecule has 2 aromatic carbocycles. The molecule has 0 saturated carbocycles. The lowest BCUT2D eigenvalue weighted by Gasteiger charge is -2.14. The maximum Gasteiger partial charge on any atom is 0.196 e. The highest BCUT2D eigenvalue weighted by Gasteiger charge is 2.20. The second-order valence-corrected chi connectivity index (χ2v) is 4.46. The number of phenols is 2. The Labute approximate surface area is 105 Å². The molecule has 2 nitrogen and oxygen atoms in total. The van der Waals surface area contributed by atoms with Crippen LogP contribution in [0.1, 0.15) is 30.9 Å². The summed E-state index contributed by atoms with van der Waals surface area (Å²) in [7, 11) is 0. The molecule has 0 saturated heterocycles. The summed E-state index contributed by atoms with van der Waals surface area (Å²) in [5.41, 5.74) is 0.833. The molecule has 0 spiro atoms. The van der Waals surface area contributed by atoms with Crippen molar-refractivity contribution in [2.75, 3.05) is 0 Å². The number of hydrogen-bond donors (Lipinski definition) is 2. The number of aromatic hydroxyl groups is 2. The summed E-state index contributed by atoms with van der Waals surface area (Å²) in [5, 5.41) is 20.2. The zero-order valence-electron chi connectivity index (χ0n) is 10.2. The van der Waals surface area contributed by atoms with Crippen molar-refractivity contribution >= 4 is 10.8 Å². The summed E-state index contributed by atoms with van der Waals surface area (Å²) >= 11 is 0. The van der Waals surface area contributed by atoms with Gasteiger partial charge < -0.3 is 10.2 Å². The molecule has 0 aliphatic carbocycles. The van der Waals surface area contributed by atoms with E-state index in [9.17, 15) is 14.6 Å². The van der Waals surface area contributed by atoms with Crippen molar-refractivity contribution < 1.29 is 14.6 Å². The largest absolute Gasteiger partial charge is 0.504 e. The van der Waals surface area contributed by atoms with Gasteiger partial charge in [0.25, 0.3) is 0 Å². The van der Waals surface area contributed by atoms with Crippen molar-refractivity contribution in [2.24, 2.45) is 0 Å². The molecular formula is C15H13FO2. The van der Waals surface area contributed by atoms with Gasteiger partial charge in [-0.1, -0.05) is 38.0 Å². The lowest BCUT2D eigenvalue weighted by Crippen LogP contribution is -1.96. The number of terminal acetylenes is 1. The van der Waals surface area contributed by atoms with Crippen LogP contribution in [0.5, 0.6) is 11.5 Å². The second-order valence-electron chi connectivity index (χ2n) is 4.46. The van der Waals surface area contributed by atoms with Gasteiger partial charge in [-0.3, -0.25) is 0 Å². The summed E-state index contributed by atoms with van der Waals surface area (Å²) in [4.78, 5) is 0. The van der Waals surface area contributed by atoms with Gasteiger partial charge in [-0.25, -0.2) is 4.39 Å². The number of hydrogen-bond acceptors (Lipinski definition) is 2.